The molecule has 0 saturated carbocycles. The Balaban J connectivity index is 1.41. The molecule has 39 heavy (non-hydrogen) atoms. The van der Waals surface area contributed by atoms with E-state index in [4.69, 9.17) is 28.4 Å². The highest BCUT2D eigenvalue weighted by Gasteiger charge is 2.48. The zero-order chi connectivity index (χ0) is 27.3. The molecule has 0 spiro atoms. The fraction of sp³-hybridized carbons (Fsp3) is 0.286. The van der Waals surface area contributed by atoms with E-state index in [1.165, 1.54) is 38.5 Å². The number of nitro groups is 1. The summed E-state index contributed by atoms with van der Waals surface area (Å²) >= 11 is 0. The lowest BCUT2D eigenvalue weighted by Crippen LogP contribution is -2.31. The van der Waals surface area contributed by atoms with Crippen molar-refractivity contribution in [2.24, 2.45) is 11.8 Å². The number of nitro benzene ring substituents is 1. The standard InChI is InChI=1S/C28H23NO10/c1-34-22-9-16(10-23(35-2)26(22)39-27(30)14-3-5-18(6-4-14)29(32)33)24-19-11-21-20(37-13-38-21)8-15(19)7-17-12-36-28(31)25(17)24/h3-6,8-11,17,24-25H,7,12-13H2,1-2H3/t17-,24+,25-/m0/s1. The van der Waals surface area contributed by atoms with Crippen molar-refractivity contribution in [2.45, 2.75) is 12.3 Å². The van der Waals surface area contributed by atoms with Gasteiger partial charge >= 0.3 is 11.9 Å². The van der Waals surface area contributed by atoms with Gasteiger partial charge < -0.3 is 28.4 Å². The van der Waals surface area contributed by atoms with Crippen LogP contribution in [0.5, 0.6) is 28.7 Å². The van der Waals surface area contributed by atoms with E-state index in [1.54, 1.807) is 12.1 Å². The molecule has 0 aromatic heterocycles. The number of carbonyl (C=O) groups is 2. The fourth-order valence-electron chi connectivity index (χ4n) is 5.56. The fourth-order valence-corrected chi connectivity index (χ4v) is 5.56. The van der Waals surface area contributed by atoms with E-state index in [9.17, 15) is 19.7 Å². The van der Waals surface area contributed by atoms with Crippen LogP contribution in [0.2, 0.25) is 0 Å². The van der Waals surface area contributed by atoms with Crippen LogP contribution >= 0.6 is 0 Å². The van der Waals surface area contributed by atoms with E-state index >= 15 is 0 Å². The predicted molar refractivity (Wildman–Crippen MR) is 134 cm³/mol. The number of ether oxygens (including phenoxy) is 6. The van der Waals surface area contributed by atoms with Crippen LogP contribution < -0.4 is 23.7 Å². The van der Waals surface area contributed by atoms with Gasteiger partial charge in [-0.05, 0) is 59.5 Å². The van der Waals surface area contributed by atoms with E-state index in [1.807, 2.05) is 12.1 Å². The normalized spacial score (nSPS) is 20.5. The molecule has 0 unspecified atom stereocenters. The molecule has 3 aromatic carbocycles. The highest BCUT2D eigenvalue weighted by molar-refractivity contribution is 5.92. The zero-order valence-electron chi connectivity index (χ0n) is 21.0. The Morgan fingerprint density at radius 2 is 1.64 bits per heavy atom. The molecule has 6 rings (SSSR count). The first-order valence-electron chi connectivity index (χ1n) is 12.2. The van der Waals surface area contributed by atoms with Crippen molar-refractivity contribution in [3.05, 3.63) is 80.9 Å². The van der Waals surface area contributed by atoms with Gasteiger partial charge in [0.1, 0.15) is 0 Å². The van der Waals surface area contributed by atoms with E-state index in [0.29, 0.717) is 30.1 Å². The third-order valence-corrected chi connectivity index (χ3v) is 7.38. The van der Waals surface area contributed by atoms with Crippen molar-refractivity contribution in [2.75, 3.05) is 27.6 Å². The summed E-state index contributed by atoms with van der Waals surface area (Å²) in [4.78, 5) is 36.2. The van der Waals surface area contributed by atoms with Crippen LogP contribution in [-0.2, 0) is 16.0 Å². The number of hydrogen-bond acceptors (Lipinski definition) is 10. The van der Waals surface area contributed by atoms with Gasteiger partial charge in [-0.3, -0.25) is 14.9 Å². The molecule has 0 N–H and O–H groups in total. The maximum atomic E-state index is 12.9. The number of fused-ring (bicyclic) bond motifs is 3. The van der Waals surface area contributed by atoms with Crippen molar-refractivity contribution >= 4 is 17.6 Å². The molecule has 1 saturated heterocycles. The van der Waals surface area contributed by atoms with Crippen molar-refractivity contribution in [3.8, 4) is 28.7 Å². The Labute approximate surface area is 222 Å². The predicted octanol–water partition coefficient (Wildman–Crippen LogP) is 4.04. The molecule has 0 amide bonds. The van der Waals surface area contributed by atoms with Gasteiger partial charge in [0, 0.05) is 24.0 Å². The van der Waals surface area contributed by atoms with E-state index in [-0.39, 0.29) is 47.2 Å². The van der Waals surface area contributed by atoms with Crippen LogP contribution in [-0.4, -0.2) is 44.5 Å². The Morgan fingerprint density at radius 1 is 0.974 bits per heavy atom. The van der Waals surface area contributed by atoms with Crippen LogP contribution in [0.25, 0.3) is 0 Å². The molecule has 0 radical (unpaired) electrons. The lowest BCUT2D eigenvalue weighted by atomic mass is 9.67. The van der Waals surface area contributed by atoms with Crippen molar-refractivity contribution in [1.82, 2.24) is 0 Å². The number of rotatable bonds is 6. The highest BCUT2D eigenvalue weighted by atomic mass is 16.7. The highest BCUT2D eigenvalue weighted by Crippen LogP contribution is 2.52. The first-order chi connectivity index (χ1) is 18.9. The summed E-state index contributed by atoms with van der Waals surface area (Å²) in [7, 11) is 2.86. The minimum atomic E-state index is -0.746. The van der Waals surface area contributed by atoms with Gasteiger partial charge in [0.05, 0.1) is 37.2 Å². The van der Waals surface area contributed by atoms with E-state index in [0.717, 1.165) is 11.1 Å². The maximum absolute atomic E-state index is 12.9. The van der Waals surface area contributed by atoms with Crippen molar-refractivity contribution in [1.29, 1.82) is 0 Å². The Bertz CT molecular complexity index is 1470. The molecule has 3 atom stereocenters. The average molecular weight is 533 g/mol. The molecule has 3 aliphatic rings. The zero-order valence-corrected chi connectivity index (χ0v) is 21.0. The number of methoxy groups -OCH3 is 2. The minimum absolute atomic E-state index is 0.0213. The van der Waals surface area contributed by atoms with Gasteiger partial charge in [0.2, 0.25) is 12.5 Å². The minimum Gasteiger partial charge on any atom is -0.493 e. The summed E-state index contributed by atoms with van der Waals surface area (Å²) in [6, 6.07) is 12.4. The average Bonchev–Trinajstić information content (AvgIpc) is 3.56. The largest absolute Gasteiger partial charge is 0.493 e. The second kappa shape index (κ2) is 9.50. The molecule has 200 valence electrons. The summed E-state index contributed by atoms with van der Waals surface area (Å²) in [6.07, 6.45) is 0.665. The van der Waals surface area contributed by atoms with Crippen LogP contribution in [0, 0.1) is 22.0 Å². The summed E-state index contributed by atoms with van der Waals surface area (Å²) in [5.41, 5.74) is 2.63. The third kappa shape index (κ3) is 4.15. The Hall–Kier alpha value is -4.80. The number of carbonyl (C=O) groups excluding carboxylic acids is 2. The first kappa shape index (κ1) is 24.5. The Kier molecular flexibility index (Phi) is 5.97. The van der Waals surface area contributed by atoms with Gasteiger partial charge in [0.15, 0.2) is 23.0 Å². The molecule has 2 aliphatic heterocycles. The van der Waals surface area contributed by atoms with Crippen LogP contribution in [0.15, 0.2) is 48.5 Å². The number of esters is 2. The van der Waals surface area contributed by atoms with Gasteiger partial charge in [-0.1, -0.05) is 0 Å². The van der Waals surface area contributed by atoms with E-state index < -0.39 is 22.7 Å². The molecule has 1 aliphatic carbocycles. The molecule has 0 bridgehead atoms. The molecular weight excluding hydrogens is 510 g/mol. The lowest BCUT2D eigenvalue weighted by Gasteiger charge is -2.34. The summed E-state index contributed by atoms with van der Waals surface area (Å²) in [5.74, 6) is -0.122. The summed E-state index contributed by atoms with van der Waals surface area (Å²) in [5, 5.41) is 10.9. The second-order valence-corrected chi connectivity index (χ2v) is 9.45. The van der Waals surface area contributed by atoms with Crippen molar-refractivity contribution in [3.63, 3.8) is 0 Å². The third-order valence-electron chi connectivity index (χ3n) is 7.38. The smallest absolute Gasteiger partial charge is 0.343 e. The first-order valence-corrected chi connectivity index (χ1v) is 12.2. The van der Waals surface area contributed by atoms with Gasteiger partial charge in [-0.2, -0.15) is 0 Å². The number of benzene rings is 3. The molecule has 11 nitrogen and oxygen atoms in total. The van der Waals surface area contributed by atoms with Gasteiger partial charge in [0.25, 0.3) is 5.69 Å². The second-order valence-electron chi connectivity index (χ2n) is 9.45. The van der Waals surface area contributed by atoms with Crippen molar-refractivity contribution < 1.29 is 42.9 Å². The number of non-ortho nitro benzene ring substituents is 1. The number of cyclic esters (lactones) is 1. The van der Waals surface area contributed by atoms with Crippen LogP contribution in [0.4, 0.5) is 5.69 Å². The monoisotopic (exact) mass is 533 g/mol. The van der Waals surface area contributed by atoms with Gasteiger partial charge in [-0.15, -0.1) is 0 Å². The lowest BCUT2D eigenvalue weighted by molar-refractivity contribution is -0.384. The molecule has 3 aromatic rings. The quantitative estimate of drug-likeness (QED) is 0.198. The summed E-state index contributed by atoms with van der Waals surface area (Å²) in [6.45, 7) is 0.460. The molecular formula is C28H23NO10. The van der Waals surface area contributed by atoms with Gasteiger partial charge in [-0.25, -0.2) is 4.79 Å². The topological polar surface area (TPSA) is 133 Å². The SMILES string of the molecule is COc1cc([C@@H]2c3cc4c(cc3C[C@H]3COC(=O)[C@@H]32)OCO4)cc(OC)c1OC(=O)c1ccc([N+](=O)[O-])cc1. The number of nitrogens with zero attached hydrogens (tertiary/aromatic N) is 1. The summed E-state index contributed by atoms with van der Waals surface area (Å²) < 4.78 is 33.5. The Morgan fingerprint density at radius 3 is 2.28 bits per heavy atom. The molecule has 1 fully saturated rings. The maximum Gasteiger partial charge on any atom is 0.343 e. The molecule has 11 heteroatoms. The van der Waals surface area contributed by atoms with E-state index in [2.05, 4.69) is 0 Å². The van der Waals surface area contributed by atoms with Crippen LogP contribution in [0.3, 0.4) is 0 Å². The molecule has 2 heterocycles. The number of hydrogen-bond donors (Lipinski definition) is 0. The van der Waals surface area contributed by atoms with Crippen LogP contribution in [0.1, 0.15) is 33.0 Å².